The number of ketones is 1. The van der Waals surface area contributed by atoms with Crippen LogP contribution in [0.4, 0.5) is 5.69 Å². The SMILES string of the molecule is CCCn1cc(C(=O)C2CCNc3ccccc32)cn1. The van der Waals surface area contributed by atoms with Crippen molar-refractivity contribution in [3.8, 4) is 0 Å². The first-order chi connectivity index (χ1) is 9.79. The number of rotatable bonds is 4. The Bertz CT molecular complexity index is 618. The van der Waals surface area contributed by atoms with E-state index in [9.17, 15) is 4.79 Å². The lowest BCUT2D eigenvalue weighted by Crippen LogP contribution is -2.22. The lowest BCUT2D eigenvalue weighted by Gasteiger charge is -2.25. The summed E-state index contributed by atoms with van der Waals surface area (Å²) in [6, 6.07) is 8.07. The van der Waals surface area contributed by atoms with Crippen molar-refractivity contribution in [3.63, 3.8) is 0 Å². The first kappa shape index (κ1) is 12.9. The van der Waals surface area contributed by atoms with Gasteiger partial charge in [0, 0.05) is 25.0 Å². The number of Topliss-reactive ketones (excluding diaryl/α,β-unsaturated/α-hetero) is 1. The first-order valence-electron chi connectivity index (χ1n) is 7.19. The molecular weight excluding hydrogens is 250 g/mol. The number of para-hydroxylation sites is 1. The molecule has 0 bridgehead atoms. The standard InChI is InChI=1S/C16H19N3O/c1-2-9-19-11-12(10-18-19)16(20)14-7-8-17-15-6-4-3-5-13(14)15/h3-6,10-11,14,17H,2,7-9H2,1H3. The van der Waals surface area contributed by atoms with E-state index in [4.69, 9.17) is 0 Å². The molecule has 2 aromatic rings. The Balaban J connectivity index is 1.87. The van der Waals surface area contributed by atoms with Gasteiger partial charge in [-0.25, -0.2) is 0 Å². The van der Waals surface area contributed by atoms with Gasteiger partial charge < -0.3 is 5.32 Å². The van der Waals surface area contributed by atoms with Crippen LogP contribution in [0, 0.1) is 0 Å². The minimum absolute atomic E-state index is 0.0493. The molecule has 1 aliphatic rings. The van der Waals surface area contributed by atoms with Crippen molar-refractivity contribution >= 4 is 11.5 Å². The molecule has 3 rings (SSSR count). The molecule has 4 nitrogen and oxygen atoms in total. The van der Waals surface area contributed by atoms with Crippen LogP contribution in [0.3, 0.4) is 0 Å². The van der Waals surface area contributed by atoms with Gasteiger partial charge in [0.2, 0.25) is 0 Å². The van der Waals surface area contributed by atoms with Gasteiger partial charge in [-0.2, -0.15) is 5.10 Å². The number of benzene rings is 1. The van der Waals surface area contributed by atoms with Crippen LogP contribution in [0.25, 0.3) is 0 Å². The molecule has 1 N–H and O–H groups in total. The third-order valence-corrected chi connectivity index (χ3v) is 3.77. The Hall–Kier alpha value is -2.10. The quantitative estimate of drug-likeness (QED) is 0.868. The Morgan fingerprint density at radius 3 is 3.15 bits per heavy atom. The molecule has 1 aliphatic heterocycles. The zero-order chi connectivity index (χ0) is 13.9. The van der Waals surface area contributed by atoms with E-state index in [1.807, 2.05) is 35.1 Å². The maximum absolute atomic E-state index is 12.7. The van der Waals surface area contributed by atoms with Gasteiger partial charge in [0.05, 0.1) is 17.7 Å². The summed E-state index contributed by atoms with van der Waals surface area (Å²) in [5.41, 5.74) is 2.91. The molecule has 0 aliphatic carbocycles. The normalized spacial score (nSPS) is 17.4. The molecule has 2 heterocycles. The van der Waals surface area contributed by atoms with Crippen LogP contribution >= 0.6 is 0 Å². The molecule has 1 aromatic heterocycles. The molecule has 0 saturated heterocycles. The Morgan fingerprint density at radius 1 is 1.45 bits per heavy atom. The van der Waals surface area contributed by atoms with E-state index < -0.39 is 0 Å². The van der Waals surface area contributed by atoms with E-state index in [0.717, 1.165) is 42.7 Å². The molecule has 0 saturated carbocycles. The van der Waals surface area contributed by atoms with Gasteiger partial charge in [-0.15, -0.1) is 0 Å². The number of anilines is 1. The zero-order valence-corrected chi connectivity index (χ0v) is 11.7. The monoisotopic (exact) mass is 269 g/mol. The summed E-state index contributed by atoms with van der Waals surface area (Å²) in [4.78, 5) is 12.7. The fourth-order valence-electron chi connectivity index (χ4n) is 2.78. The highest BCUT2D eigenvalue weighted by atomic mass is 16.1. The molecule has 1 atom stereocenters. The highest BCUT2D eigenvalue weighted by Crippen LogP contribution is 2.33. The number of nitrogens with one attached hydrogen (secondary N) is 1. The van der Waals surface area contributed by atoms with E-state index in [1.165, 1.54) is 0 Å². The fraction of sp³-hybridized carbons (Fsp3) is 0.375. The van der Waals surface area contributed by atoms with Crippen LogP contribution < -0.4 is 5.32 Å². The fourth-order valence-corrected chi connectivity index (χ4v) is 2.78. The van der Waals surface area contributed by atoms with Gasteiger partial charge in [-0.3, -0.25) is 9.48 Å². The van der Waals surface area contributed by atoms with Crippen molar-refractivity contribution in [2.45, 2.75) is 32.2 Å². The highest BCUT2D eigenvalue weighted by molar-refractivity contribution is 6.01. The summed E-state index contributed by atoms with van der Waals surface area (Å²) in [5, 5.41) is 7.61. The summed E-state index contributed by atoms with van der Waals surface area (Å²) in [6.45, 7) is 3.80. The third-order valence-electron chi connectivity index (χ3n) is 3.77. The van der Waals surface area contributed by atoms with Gasteiger partial charge in [0.15, 0.2) is 5.78 Å². The Labute approximate surface area is 118 Å². The van der Waals surface area contributed by atoms with E-state index in [1.54, 1.807) is 6.20 Å². The van der Waals surface area contributed by atoms with Crippen LogP contribution in [0.1, 0.15) is 41.6 Å². The topological polar surface area (TPSA) is 46.9 Å². The average Bonchev–Trinajstić information content (AvgIpc) is 2.95. The van der Waals surface area contributed by atoms with Gasteiger partial charge in [0.1, 0.15) is 0 Å². The summed E-state index contributed by atoms with van der Waals surface area (Å²) in [6.07, 6.45) is 5.43. The van der Waals surface area contributed by atoms with Crippen LogP contribution in [0.5, 0.6) is 0 Å². The number of hydrogen-bond donors (Lipinski definition) is 1. The van der Waals surface area contributed by atoms with Gasteiger partial charge in [-0.1, -0.05) is 25.1 Å². The molecule has 1 aromatic carbocycles. The Morgan fingerprint density at radius 2 is 2.30 bits per heavy atom. The second kappa shape index (κ2) is 5.49. The van der Waals surface area contributed by atoms with E-state index in [0.29, 0.717) is 0 Å². The number of hydrogen-bond acceptors (Lipinski definition) is 3. The minimum Gasteiger partial charge on any atom is -0.385 e. The lowest BCUT2D eigenvalue weighted by atomic mass is 9.86. The Kier molecular flexibility index (Phi) is 3.54. The maximum Gasteiger partial charge on any atom is 0.173 e. The molecule has 0 amide bonds. The van der Waals surface area contributed by atoms with Crippen LogP contribution in [0.15, 0.2) is 36.7 Å². The number of nitrogens with zero attached hydrogens (tertiary/aromatic N) is 2. The summed E-state index contributed by atoms with van der Waals surface area (Å²) >= 11 is 0. The molecule has 1 unspecified atom stereocenters. The minimum atomic E-state index is -0.0493. The maximum atomic E-state index is 12.7. The smallest absolute Gasteiger partial charge is 0.173 e. The molecular formula is C16H19N3O. The third kappa shape index (κ3) is 2.33. The molecule has 0 spiro atoms. The summed E-state index contributed by atoms with van der Waals surface area (Å²) in [5.74, 6) is 0.132. The van der Waals surface area contributed by atoms with E-state index in [2.05, 4.69) is 17.3 Å². The predicted molar refractivity (Wildman–Crippen MR) is 79.1 cm³/mol. The number of aryl methyl sites for hydroxylation is 1. The molecule has 20 heavy (non-hydrogen) atoms. The van der Waals surface area contributed by atoms with Crippen LogP contribution in [0.2, 0.25) is 0 Å². The van der Waals surface area contributed by atoms with E-state index in [-0.39, 0.29) is 11.7 Å². The highest BCUT2D eigenvalue weighted by Gasteiger charge is 2.27. The molecule has 0 radical (unpaired) electrons. The van der Waals surface area contributed by atoms with Crippen molar-refractivity contribution in [2.24, 2.45) is 0 Å². The number of aromatic nitrogens is 2. The van der Waals surface area contributed by atoms with Crippen molar-refractivity contribution in [1.82, 2.24) is 9.78 Å². The number of carbonyl (C=O) groups excluding carboxylic acids is 1. The van der Waals surface area contributed by atoms with Crippen molar-refractivity contribution in [1.29, 1.82) is 0 Å². The van der Waals surface area contributed by atoms with Gasteiger partial charge in [0.25, 0.3) is 0 Å². The van der Waals surface area contributed by atoms with Crippen LogP contribution in [-0.4, -0.2) is 22.1 Å². The van der Waals surface area contributed by atoms with Crippen molar-refractivity contribution in [2.75, 3.05) is 11.9 Å². The number of carbonyl (C=O) groups is 1. The summed E-state index contributed by atoms with van der Waals surface area (Å²) < 4.78 is 1.85. The second-order valence-electron chi connectivity index (χ2n) is 5.21. The molecule has 4 heteroatoms. The molecule has 104 valence electrons. The predicted octanol–water partition coefficient (Wildman–Crippen LogP) is 3.08. The van der Waals surface area contributed by atoms with Gasteiger partial charge >= 0.3 is 0 Å². The van der Waals surface area contributed by atoms with E-state index >= 15 is 0 Å². The zero-order valence-electron chi connectivity index (χ0n) is 11.7. The molecule has 0 fully saturated rings. The van der Waals surface area contributed by atoms with Crippen molar-refractivity contribution < 1.29 is 4.79 Å². The van der Waals surface area contributed by atoms with Crippen molar-refractivity contribution in [3.05, 3.63) is 47.8 Å². The average molecular weight is 269 g/mol. The first-order valence-corrected chi connectivity index (χ1v) is 7.19. The van der Waals surface area contributed by atoms with Gasteiger partial charge in [-0.05, 0) is 24.5 Å². The lowest BCUT2D eigenvalue weighted by molar-refractivity contribution is 0.0955. The van der Waals surface area contributed by atoms with Crippen LogP contribution in [-0.2, 0) is 6.54 Å². The second-order valence-corrected chi connectivity index (χ2v) is 5.21. The largest absolute Gasteiger partial charge is 0.385 e. The number of fused-ring (bicyclic) bond motifs is 1. The summed E-state index contributed by atoms with van der Waals surface area (Å²) in [7, 11) is 0.